The van der Waals surface area contributed by atoms with Crippen molar-refractivity contribution in [1.29, 1.82) is 0 Å². The molecule has 0 aliphatic heterocycles. The zero-order valence-corrected chi connectivity index (χ0v) is 10.8. The molecule has 2 nitrogen and oxygen atoms in total. The van der Waals surface area contributed by atoms with Crippen molar-refractivity contribution in [3.05, 3.63) is 34.9 Å². The fourth-order valence-corrected chi connectivity index (χ4v) is 1.88. The van der Waals surface area contributed by atoms with Gasteiger partial charge >= 0.3 is 0 Å². The van der Waals surface area contributed by atoms with Crippen LogP contribution in [0.25, 0.3) is 0 Å². The first-order valence-corrected chi connectivity index (χ1v) is 6.16. The van der Waals surface area contributed by atoms with Gasteiger partial charge in [0.2, 0.25) is 0 Å². The third-order valence-corrected chi connectivity index (χ3v) is 3.02. The molecule has 16 heavy (non-hydrogen) atoms. The zero-order valence-electron chi connectivity index (χ0n) is 10.8. The maximum absolute atomic E-state index is 5.55. The van der Waals surface area contributed by atoms with Gasteiger partial charge in [0.15, 0.2) is 0 Å². The fraction of sp³-hybridized carbons (Fsp3) is 0.571. The lowest BCUT2D eigenvalue weighted by molar-refractivity contribution is 0.277. The molecular formula is C14H24N2. The van der Waals surface area contributed by atoms with E-state index in [2.05, 4.69) is 43.9 Å². The van der Waals surface area contributed by atoms with Gasteiger partial charge in [0, 0.05) is 6.54 Å². The smallest absolute Gasteiger partial charge is 0.0236 e. The predicted octanol–water partition coefficient (Wildman–Crippen LogP) is 2.47. The molecule has 0 radical (unpaired) electrons. The lowest BCUT2D eigenvalue weighted by Crippen LogP contribution is -2.26. The molecule has 0 spiro atoms. The molecule has 0 saturated carbocycles. The standard InChI is InChI=1S/C14H24N2/c1-4-16(9-5-8-15)11-14-10-12(2)6-7-13(14)3/h6-7,10H,4-5,8-9,11,15H2,1-3H3. The van der Waals surface area contributed by atoms with Crippen LogP contribution in [0.1, 0.15) is 30.0 Å². The van der Waals surface area contributed by atoms with Gasteiger partial charge < -0.3 is 5.73 Å². The van der Waals surface area contributed by atoms with Crippen molar-refractivity contribution in [3.8, 4) is 0 Å². The SMILES string of the molecule is CCN(CCCN)Cc1cc(C)ccc1C. The minimum atomic E-state index is 0.781. The van der Waals surface area contributed by atoms with Crippen LogP contribution in [0.3, 0.4) is 0 Å². The number of nitrogens with two attached hydrogens (primary N) is 1. The van der Waals surface area contributed by atoms with Crippen LogP contribution in [-0.4, -0.2) is 24.5 Å². The van der Waals surface area contributed by atoms with E-state index in [4.69, 9.17) is 5.73 Å². The molecule has 0 amide bonds. The molecule has 0 bridgehead atoms. The Bertz CT molecular complexity index is 321. The summed E-state index contributed by atoms with van der Waals surface area (Å²) in [5.41, 5.74) is 9.72. The summed E-state index contributed by atoms with van der Waals surface area (Å²) in [5.74, 6) is 0. The van der Waals surface area contributed by atoms with E-state index in [1.54, 1.807) is 0 Å². The van der Waals surface area contributed by atoms with E-state index in [1.807, 2.05) is 0 Å². The topological polar surface area (TPSA) is 29.3 Å². The highest BCUT2D eigenvalue weighted by Gasteiger charge is 2.05. The van der Waals surface area contributed by atoms with Crippen molar-refractivity contribution in [1.82, 2.24) is 4.90 Å². The molecule has 0 saturated heterocycles. The van der Waals surface area contributed by atoms with Gasteiger partial charge in [0.25, 0.3) is 0 Å². The first kappa shape index (κ1) is 13.2. The van der Waals surface area contributed by atoms with Crippen LogP contribution in [0, 0.1) is 13.8 Å². The highest BCUT2D eigenvalue weighted by molar-refractivity contribution is 5.30. The Hall–Kier alpha value is -0.860. The first-order valence-electron chi connectivity index (χ1n) is 6.16. The normalized spacial score (nSPS) is 11.1. The Morgan fingerprint density at radius 3 is 2.62 bits per heavy atom. The van der Waals surface area contributed by atoms with Crippen molar-refractivity contribution >= 4 is 0 Å². The van der Waals surface area contributed by atoms with E-state index in [-0.39, 0.29) is 0 Å². The van der Waals surface area contributed by atoms with E-state index in [0.29, 0.717) is 0 Å². The minimum absolute atomic E-state index is 0.781. The van der Waals surface area contributed by atoms with Gasteiger partial charge in [-0.15, -0.1) is 0 Å². The summed E-state index contributed by atoms with van der Waals surface area (Å²) in [6.07, 6.45) is 1.08. The average Bonchev–Trinajstić information content (AvgIpc) is 2.28. The second-order valence-corrected chi connectivity index (χ2v) is 4.44. The van der Waals surface area contributed by atoms with Crippen molar-refractivity contribution in [3.63, 3.8) is 0 Å². The Morgan fingerprint density at radius 2 is 2.00 bits per heavy atom. The second-order valence-electron chi connectivity index (χ2n) is 4.44. The summed E-state index contributed by atoms with van der Waals surface area (Å²) in [4.78, 5) is 2.45. The van der Waals surface area contributed by atoms with Crippen LogP contribution in [0.4, 0.5) is 0 Å². The molecule has 0 heterocycles. The Balaban J connectivity index is 2.65. The van der Waals surface area contributed by atoms with Gasteiger partial charge in [0.05, 0.1) is 0 Å². The van der Waals surface area contributed by atoms with Gasteiger partial charge in [-0.3, -0.25) is 4.90 Å². The quantitative estimate of drug-likeness (QED) is 0.798. The van der Waals surface area contributed by atoms with E-state index < -0.39 is 0 Å². The monoisotopic (exact) mass is 220 g/mol. The van der Waals surface area contributed by atoms with Gasteiger partial charge in [-0.2, -0.15) is 0 Å². The number of aryl methyl sites for hydroxylation is 2. The molecule has 0 atom stereocenters. The highest BCUT2D eigenvalue weighted by atomic mass is 15.1. The molecule has 2 N–H and O–H groups in total. The number of benzene rings is 1. The lowest BCUT2D eigenvalue weighted by Gasteiger charge is -2.21. The van der Waals surface area contributed by atoms with E-state index in [1.165, 1.54) is 16.7 Å². The Morgan fingerprint density at radius 1 is 1.25 bits per heavy atom. The van der Waals surface area contributed by atoms with Crippen LogP contribution in [0.5, 0.6) is 0 Å². The molecule has 1 aromatic rings. The van der Waals surface area contributed by atoms with E-state index in [0.717, 1.165) is 32.6 Å². The summed E-state index contributed by atoms with van der Waals surface area (Å²) in [5, 5.41) is 0. The molecule has 2 heteroatoms. The van der Waals surface area contributed by atoms with Gasteiger partial charge in [-0.1, -0.05) is 30.7 Å². The van der Waals surface area contributed by atoms with Crippen LogP contribution >= 0.6 is 0 Å². The number of nitrogens with zero attached hydrogens (tertiary/aromatic N) is 1. The maximum Gasteiger partial charge on any atom is 0.0236 e. The van der Waals surface area contributed by atoms with Crippen molar-refractivity contribution in [2.24, 2.45) is 5.73 Å². The molecule has 0 unspecified atom stereocenters. The third kappa shape index (κ3) is 3.95. The summed E-state index contributed by atoms with van der Waals surface area (Å²) in [7, 11) is 0. The molecule has 0 aliphatic carbocycles. The summed E-state index contributed by atoms with van der Waals surface area (Å²) < 4.78 is 0. The second kappa shape index (κ2) is 6.66. The Labute approximate surface area is 99.5 Å². The average molecular weight is 220 g/mol. The van der Waals surface area contributed by atoms with Gasteiger partial charge in [0.1, 0.15) is 0 Å². The van der Waals surface area contributed by atoms with Crippen molar-refractivity contribution in [2.75, 3.05) is 19.6 Å². The zero-order chi connectivity index (χ0) is 12.0. The lowest BCUT2D eigenvalue weighted by atomic mass is 10.1. The van der Waals surface area contributed by atoms with E-state index >= 15 is 0 Å². The fourth-order valence-electron chi connectivity index (χ4n) is 1.88. The van der Waals surface area contributed by atoms with Gasteiger partial charge in [-0.25, -0.2) is 0 Å². The number of hydrogen-bond acceptors (Lipinski definition) is 2. The van der Waals surface area contributed by atoms with Gasteiger partial charge in [-0.05, 0) is 51.0 Å². The van der Waals surface area contributed by atoms with Crippen LogP contribution in [-0.2, 0) is 6.54 Å². The third-order valence-electron chi connectivity index (χ3n) is 3.02. The minimum Gasteiger partial charge on any atom is -0.330 e. The summed E-state index contributed by atoms with van der Waals surface area (Å²) >= 11 is 0. The Kier molecular flexibility index (Phi) is 5.50. The molecular weight excluding hydrogens is 196 g/mol. The summed E-state index contributed by atoms with van der Waals surface area (Å²) in [6.45, 7) is 10.6. The van der Waals surface area contributed by atoms with Crippen molar-refractivity contribution in [2.45, 2.75) is 33.7 Å². The maximum atomic E-state index is 5.55. The number of rotatable bonds is 6. The molecule has 1 rings (SSSR count). The van der Waals surface area contributed by atoms with Crippen LogP contribution in [0.15, 0.2) is 18.2 Å². The van der Waals surface area contributed by atoms with Crippen LogP contribution in [0.2, 0.25) is 0 Å². The molecule has 1 aromatic carbocycles. The first-order chi connectivity index (χ1) is 7.67. The molecule has 0 fully saturated rings. The largest absolute Gasteiger partial charge is 0.330 e. The van der Waals surface area contributed by atoms with Crippen LogP contribution < -0.4 is 5.73 Å². The number of hydrogen-bond donors (Lipinski definition) is 1. The molecule has 90 valence electrons. The van der Waals surface area contributed by atoms with Crippen molar-refractivity contribution < 1.29 is 0 Å². The molecule has 0 aromatic heterocycles. The highest BCUT2D eigenvalue weighted by Crippen LogP contribution is 2.13. The van der Waals surface area contributed by atoms with E-state index in [9.17, 15) is 0 Å². The molecule has 0 aliphatic rings. The summed E-state index contributed by atoms with van der Waals surface area (Å²) in [6, 6.07) is 6.68. The predicted molar refractivity (Wildman–Crippen MR) is 70.5 cm³/mol.